The zero-order chi connectivity index (χ0) is 20.7. The summed E-state index contributed by atoms with van der Waals surface area (Å²) in [5, 5.41) is 13.1. The zero-order valence-corrected chi connectivity index (χ0v) is 15.9. The molecule has 3 N–H and O–H groups in total. The summed E-state index contributed by atoms with van der Waals surface area (Å²) < 4.78 is 16.6. The van der Waals surface area contributed by atoms with E-state index in [1.54, 1.807) is 15.7 Å². The second-order valence-corrected chi connectivity index (χ2v) is 7.48. The summed E-state index contributed by atoms with van der Waals surface area (Å²) in [6.45, 7) is 1.36. The van der Waals surface area contributed by atoms with E-state index in [0.29, 0.717) is 25.3 Å². The Morgan fingerprint density at radius 2 is 2.24 bits per heavy atom. The highest BCUT2D eigenvalue weighted by molar-refractivity contribution is 5.92. The molecule has 2 fully saturated rings. The average Bonchev–Trinajstić information content (AvgIpc) is 3.46. The van der Waals surface area contributed by atoms with Gasteiger partial charge in [0.1, 0.15) is 18.3 Å². The van der Waals surface area contributed by atoms with Gasteiger partial charge in [0.05, 0.1) is 5.39 Å². The van der Waals surface area contributed by atoms with Crippen LogP contribution in [0, 0.1) is 17.7 Å². The SMILES string of the molecule is CON=C[C@H]1CN(c2nc3c(cc2F)c(=O)c(C(=O)O)cn3C2CC2)CC1CN. The maximum absolute atomic E-state index is 15.0. The van der Waals surface area contributed by atoms with Gasteiger partial charge in [-0.1, -0.05) is 5.16 Å². The summed E-state index contributed by atoms with van der Waals surface area (Å²) >= 11 is 0. The van der Waals surface area contributed by atoms with Crippen molar-refractivity contribution in [2.24, 2.45) is 22.7 Å². The van der Waals surface area contributed by atoms with Crippen LogP contribution < -0.4 is 16.1 Å². The van der Waals surface area contributed by atoms with Crippen molar-refractivity contribution in [3.05, 3.63) is 33.9 Å². The number of halogens is 1. The fourth-order valence-electron chi connectivity index (χ4n) is 3.87. The van der Waals surface area contributed by atoms with Gasteiger partial charge in [0.15, 0.2) is 11.6 Å². The van der Waals surface area contributed by atoms with E-state index in [9.17, 15) is 19.1 Å². The molecule has 10 heteroatoms. The highest BCUT2D eigenvalue weighted by Crippen LogP contribution is 2.37. The van der Waals surface area contributed by atoms with Crippen molar-refractivity contribution in [3.63, 3.8) is 0 Å². The maximum Gasteiger partial charge on any atom is 0.341 e. The number of fused-ring (bicyclic) bond motifs is 1. The van der Waals surface area contributed by atoms with Gasteiger partial charge >= 0.3 is 5.97 Å². The van der Waals surface area contributed by atoms with Crippen LogP contribution >= 0.6 is 0 Å². The predicted octanol–water partition coefficient (Wildman–Crippen LogP) is 1.21. The number of anilines is 1. The van der Waals surface area contributed by atoms with E-state index in [-0.39, 0.29) is 34.6 Å². The summed E-state index contributed by atoms with van der Waals surface area (Å²) in [5.74, 6) is -1.83. The zero-order valence-electron chi connectivity index (χ0n) is 15.9. The van der Waals surface area contributed by atoms with Crippen molar-refractivity contribution in [1.82, 2.24) is 9.55 Å². The Labute approximate surface area is 165 Å². The minimum atomic E-state index is -1.33. The fraction of sp³-hybridized carbons (Fsp3) is 0.474. The average molecular weight is 403 g/mol. The van der Waals surface area contributed by atoms with Crippen molar-refractivity contribution in [3.8, 4) is 0 Å². The summed E-state index contributed by atoms with van der Waals surface area (Å²) in [5.41, 5.74) is 5.06. The molecule has 1 aliphatic carbocycles. The number of rotatable bonds is 6. The Hall–Kier alpha value is -3.01. The van der Waals surface area contributed by atoms with Gasteiger partial charge in [-0.15, -0.1) is 0 Å². The fourth-order valence-corrected chi connectivity index (χ4v) is 3.87. The number of carbonyl (C=O) groups is 1. The predicted molar refractivity (Wildman–Crippen MR) is 105 cm³/mol. The summed E-state index contributed by atoms with van der Waals surface area (Å²) in [7, 11) is 1.45. The molecule has 0 bridgehead atoms. The lowest BCUT2D eigenvalue weighted by Crippen LogP contribution is -2.26. The monoisotopic (exact) mass is 403 g/mol. The third-order valence-electron chi connectivity index (χ3n) is 5.56. The van der Waals surface area contributed by atoms with E-state index < -0.39 is 17.2 Å². The highest BCUT2D eigenvalue weighted by atomic mass is 19.1. The molecule has 1 saturated carbocycles. The molecule has 154 valence electrons. The normalized spacial score (nSPS) is 22.0. The first-order chi connectivity index (χ1) is 13.9. The third-order valence-corrected chi connectivity index (χ3v) is 5.56. The number of hydrogen-bond acceptors (Lipinski definition) is 7. The van der Waals surface area contributed by atoms with Gasteiger partial charge in [-0.3, -0.25) is 4.79 Å². The lowest BCUT2D eigenvalue weighted by Gasteiger charge is -2.20. The van der Waals surface area contributed by atoms with E-state index >= 15 is 0 Å². The van der Waals surface area contributed by atoms with E-state index in [2.05, 4.69) is 10.1 Å². The molecule has 2 aromatic rings. The number of nitrogens with two attached hydrogens (primary N) is 1. The number of oxime groups is 1. The summed E-state index contributed by atoms with van der Waals surface area (Å²) in [6, 6.07) is 1.17. The van der Waals surface area contributed by atoms with Crippen LogP contribution in [-0.2, 0) is 4.84 Å². The van der Waals surface area contributed by atoms with Gasteiger partial charge in [-0.05, 0) is 31.4 Å². The topological polar surface area (TPSA) is 123 Å². The maximum atomic E-state index is 15.0. The van der Waals surface area contributed by atoms with Crippen LogP contribution in [0.25, 0.3) is 11.0 Å². The standard InChI is InChI=1S/C19H22FN5O4/c1-29-22-6-11-8-24(7-10(11)5-21)18-15(20)4-13-16(26)14(19(27)28)9-25(12-2-3-12)17(13)23-18/h4,6,9-12H,2-3,5,7-8,21H2,1H3,(H,27,28)/t10?,11-/m0/s1. The van der Waals surface area contributed by atoms with Crippen LogP contribution in [0.4, 0.5) is 10.2 Å². The van der Waals surface area contributed by atoms with Gasteiger partial charge in [0.2, 0.25) is 5.43 Å². The van der Waals surface area contributed by atoms with Crippen molar-refractivity contribution in [2.45, 2.75) is 18.9 Å². The molecule has 0 amide bonds. The van der Waals surface area contributed by atoms with Crippen LogP contribution in [0.3, 0.4) is 0 Å². The van der Waals surface area contributed by atoms with Crippen LogP contribution in [0.5, 0.6) is 0 Å². The van der Waals surface area contributed by atoms with Crippen LogP contribution in [0.2, 0.25) is 0 Å². The van der Waals surface area contributed by atoms with Crippen LogP contribution in [0.15, 0.2) is 22.2 Å². The molecule has 0 spiro atoms. The molecule has 9 nitrogen and oxygen atoms in total. The lowest BCUT2D eigenvalue weighted by molar-refractivity contribution is 0.0695. The van der Waals surface area contributed by atoms with Gasteiger partial charge in [-0.2, -0.15) is 0 Å². The van der Waals surface area contributed by atoms with Crippen molar-refractivity contribution in [1.29, 1.82) is 0 Å². The van der Waals surface area contributed by atoms with Gasteiger partial charge in [0.25, 0.3) is 0 Å². The summed E-state index contributed by atoms with van der Waals surface area (Å²) in [6.07, 6.45) is 4.70. The van der Waals surface area contributed by atoms with Crippen molar-refractivity contribution in [2.75, 3.05) is 31.6 Å². The van der Waals surface area contributed by atoms with E-state index in [1.807, 2.05) is 0 Å². The number of nitrogens with zero attached hydrogens (tertiary/aromatic N) is 4. The number of carboxylic acid groups (broad SMARTS) is 1. The van der Waals surface area contributed by atoms with Crippen molar-refractivity contribution >= 4 is 29.0 Å². The van der Waals surface area contributed by atoms with E-state index in [4.69, 9.17) is 10.6 Å². The molecule has 0 radical (unpaired) electrons. The largest absolute Gasteiger partial charge is 0.477 e. The first-order valence-corrected chi connectivity index (χ1v) is 9.45. The lowest BCUT2D eigenvalue weighted by atomic mass is 9.98. The summed E-state index contributed by atoms with van der Waals surface area (Å²) in [4.78, 5) is 35.0. The number of hydrogen-bond donors (Lipinski definition) is 2. The molecule has 3 heterocycles. The number of carboxylic acids is 1. The molecule has 1 saturated heterocycles. The second-order valence-electron chi connectivity index (χ2n) is 7.48. The molecule has 1 aliphatic heterocycles. The first-order valence-electron chi connectivity index (χ1n) is 9.45. The quantitative estimate of drug-likeness (QED) is 0.549. The van der Waals surface area contributed by atoms with Gasteiger partial charge in [0, 0.05) is 37.5 Å². The molecule has 2 aliphatic rings. The Bertz CT molecular complexity index is 1050. The number of aromatic carboxylic acids is 1. The van der Waals surface area contributed by atoms with Crippen molar-refractivity contribution < 1.29 is 19.1 Å². The van der Waals surface area contributed by atoms with Gasteiger partial charge in [-0.25, -0.2) is 14.2 Å². The first kappa shape index (κ1) is 19.3. The van der Waals surface area contributed by atoms with Gasteiger partial charge < -0.3 is 25.1 Å². The van der Waals surface area contributed by atoms with Crippen LogP contribution in [0.1, 0.15) is 29.2 Å². The number of pyridine rings is 2. The smallest absolute Gasteiger partial charge is 0.341 e. The minimum absolute atomic E-state index is 0.0168. The van der Waals surface area contributed by atoms with E-state index in [1.165, 1.54) is 13.3 Å². The molecule has 1 unspecified atom stereocenters. The molecule has 29 heavy (non-hydrogen) atoms. The molecule has 2 atom stereocenters. The minimum Gasteiger partial charge on any atom is -0.477 e. The molecular weight excluding hydrogens is 381 g/mol. The Morgan fingerprint density at radius 1 is 1.48 bits per heavy atom. The third kappa shape index (κ3) is 3.44. The molecule has 2 aromatic heterocycles. The highest BCUT2D eigenvalue weighted by Gasteiger charge is 2.34. The Balaban J connectivity index is 1.81. The second kappa shape index (κ2) is 7.43. The Kier molecular flexibility index (Phi) is 4.95. The molecule has 4 rings (SSSR count). The van der Waals surface area contributed by atoms with Crippen LogP contribution in [-0.4, -0.2) is 53.6 Å². The molecular formula is C19H22FN5O4. The van der Waals surface area contributed by atoms with E-state index in [0.717, 1.165) is 18.9 Å². The molecule has 0 aromatic carbocycles. The Morgan fingerprint density at radius 3 is 2.86 bits per heavy atom. The number of aromatic nitrogens is 2.